The lowest BCUT2D eigenvalue weighted by Gasteiger charge is -2.21. The normalized spacial score (nSPS) is 12.1. The summed E-state index contributed by atoms with van der Waals surface area (Å²) in [7, 11) is 2.17. The van der Waals surface area contributed by atoms with E-state index in [0.29, 0.717) is 0 Å². The second-order valence-electron chi connectivity index (χ2n) is 9.07. The van der Waals surface area contributed by atoms with Crippen molar-refractivity contribution in [2.24, 2.45) is 5.16 Å². The number of benzene rings is 3. The monoisotopic (exact) mass is 471 g/mol. The van der Waals surface area contributed by atoms with Crippen LogP contribution in [0, 0.1) is 13.8 Å². The van der Waals surface area contributed by atoms with E-state index < -0.39 is 5.97 Å². The number of hydrogen-bond donors (Lipinski definition) is 1. The number of nitrogens with zero attached hydrogens (tertiary/aromatic N) is 3. The average Bonchev–Trinajstić information content (AvgIpc) is 2.85. The van der Waals surface area contributed by atoms with E-state index in [2.05, 4.69) is 84.0 Å². The zero-order valence-corrected chi connectivity index (χ0v) is 20.7. The molecule has 1 N–H and O–H groups in total. The van der Waals surface area contributed by atoms with Gasteiger partial charge in [-0.05, 0) is 56.6 Å². The molecular formula is C29H33N3O3. The number of carboxylic acid groups (broad SMARTS) is 1. The van der Waals surface area contributed by atoms with Gasteiger partial charge < -0.3 is 19.4 Å². The van der Waals surface area contributed by atoms with Gasteiger partial charge in [-0.15, -0.1) is 0 Å². The highest BCUT2D eigenvalue weighted by atomic mass is 16.6. The quantitative estimate of drug-likeness (QED) is 0.195. The third kappa shape index (κ3) is 5.72. The molecule has 0 fully saturated rings. The number of para-hydroxylation sites is 1. The molecule has 1 aromatic heterocycles. The summed E-state index contributed by atoms with van der Waals surface area (Å²) in [4.78, 5) is 18.7. The van der Waals surface area contributed by atoms with E-state index in [9.17, 15) is 4.79 Å². The molecule has 0 bridgehead atoms. The summed E-state index contributed by atoms with van der Waals surface area (Å²) in [6, 6.07) is 23.0. The molecule has 0 unspecified atom stereocenters. The Labute approximate surface area is 206 Å². The maximum Gasteiger partial charge on any atom is 0.306 e. The van der Waals surface area contributed by atoms with Crippen LogP contribution >= 0.6 is 0 Å². The first-order valence-electron chi connectivity index (χ1n) is 12.1. The fourth-order valence-electron chi connectivity index (χ4n) is 4.56. The Morgan fingerprint density at radius 3 is 2.51 bits per heavy atom. The van der Waals surface area contributed by atoms with E-state index >= 15 is 0 Å². The maximum atomic E-state index is 10.9. The van der Waals surface area contributed by atoms with Crippen molar-refractivity contribution in [2.45, 2.75) is 39.8 Å². The molecule has 0 aliphatic rings. The van der Waals surface area contributed by atoms with Crippen molar-refractivity contribution in [1.29, 1.82) is 0 Å². The third-order valence-electron chi connectivity index (χ3n) is 6.46. The summed E-state index contributed by atoms with van der Waals surface area (Å²) in [5.41, 5.74) is 6.00. The van der Waals surface area contributed by atoms with Crippen LogP contribution in [0.4, 0.5) is 0 Å². The van der Waals surface area contributed by atoms with Crippen LogP contribution in [0.25, 0.3) is 21.8 Å². The van der Waals surface area contributed by atoms with Gasteiger partial charge in [0.05, 0.1) is 17.5 Å². The molecule has 0 spiro atoms. The Balaban J connectivity index is 1.70. The van der Waals surface area contributed by atoms with Gasteiger partial charge in [-0.25, -0.2) is 0 Å². The highest BCUT2D eigenvalue weighted by Gasteiger charge is 2.13. The van der Waals surface area contributed by atoms with Gasteiger partial charge in [0.1, 0.15) is 12.0 Å². The van der Waals surface area contributed by atoms with Crippen LogP contribution in [0.2, 0.25) is 0 Å². The van der Waals surface area contributed by atoms with Gasteiger partial charge in [-0.2, -0.15) is 0 Å². The fourth-order valence-corrected chi connectivity index (χ4v) is 4.56. The molecule has 0 aliphatic carbocycles. The third-order valence-corrected chi connectivity index (χ3v) is 6.46. The first kappa shape index (κ1) is 24.5. The van der Waals surface area contributed by atoms with Gasteiger partial charge in [0.25, 0.3) is 0 Å². The minimum absolute atomic E-state index is 0.0403. The Morgan fingerprint density at radius 2 is 1.74 bits per heavy atom. The van der Waals surface area contributed by atoms with Crippen LogP contribution in [-0.2, 0) is 22.7 Å². The summed E-state index contributed by atoms with van der Waals surface area (Å²) >= 11 is 0. The molecule has 0 aliphatic heterocycles. The lowest BCUT2D eigenvalue weighted by molar-refractivity contribution is -0.138. The Bertz CT molecular complexity index is 1390. The molecule has 0 amide bonds. The number of carbonyl (C=O) groups is 1. The highest BCUT2D eigenvalue weighted by molar-refractivity contribution is 5.95. The van der Waals surface area contributed by atoms with E-state index in [0.717, 1.165) is 53.2 Å². The molecule has 4 rings (SSSR count). The van der Waals surface area contributed by atoms with Crippen LogP contribution in [-0.4, -0.2) is 40.7 Å². The fraction of sp³-hybridized carbons (Fsp3) is 0.310. The number of aryl methyl sites for hydroxylation is 3. The summed E-state index contributed by atoms with van der Waals surface area (Å²) in [5, 5.41) is 16.1. The molecule has 1 heterocycles. The van der Waals surface area contributed by atoms with Gasteiger partial charge in [0.15, 0.2) is 0 Å². The van der Waals surface area contributed by atoms with Crippen molar-refractivity contribution in [2.75, 3.05) is 20.2 Å². The van der Waals surface area contributed by atoms with Crippen molar-refractivity contribution in [3.63, 3.8) is 0 Å². The summed E-state index contributed by atoms with van der Waals surface area (Å²) < 4.78 is 2.40. The standard InChI is InChI=1S/C29H33N3O3/c1-21-14-15-25-28(30-35-19-16-27(33)34)24-12-7-8-13-26(24)32(29(25)22(21)2)18-9-17-31(3)20-23-10-5-4-6-11-23/h4-8,10-15H,9,16-20H2,1-3H3,(H,33,34)/b30-28+. The second-order valence-corrected chi connectivity index (χ2v) is 9.07. The number of hydrogen-bond acceptors (Lipinski definition) is 4. The van der Waals surface area contributed by atoms with E-state index in [-0.39, 0.29) is 13.0 Å². The average molecular weight is 472 g/mol. The van der Waals surface area contributed by atoms with Gasteiger partial charge in [-0.1, -0.05) is 65.8 Å². The van der Waals surface area contributed by atoms with Crippen molar-refractivity contribution >= 4 is 27.8 Å². The number of aliphatic carboxylic acids is 1. The highest BCUT2D eigenvalue weighted by Crippen LogP contribution is 2.25. The molecule has 0 saturated carbocycles. The van der Waals surface area contributed by atoms with E-state index in [1.54, 1.807) is 0 Å². The van der Waals surface area contributed by atoms with E-state index in [1.807, 2.05) is 18.2 Å². The topological polar surface area (TPSA) is 67.1 Å². The van der Waals surface area contributed by atoms with Gasteiger partial charge in [0, 0.05) is 23.9 Å². The number of pyridine rings is 1. The first-order valence-corrected chi connectivity index (χ1v) is 12.1. The minimum atomic E-state index is -0.899. The van der Waals surface area contributed by atoms with Crippen molar-refractivity contribution in [3.05, 3.63) is 88.8 Å². The largest absolute Gasteiger partial charge is 0.481 e. The smallest absolute Gasteiger partial charge is 0.306 e. The molecule has 0 radical (unpaired) electrons. The number of aromatic nitrogens is 1. The van der Waals surface area contributed by atoms with Gasteiger partial charge in [-0.3, -0.25) is 4.79 Å². The van der Waals surface area contributed by atoms with Crippen LogP contribution in [0.3, 0.4) is 0 Å². The SMILES string of the molecule is Cc1ccc2/c(=N/OCCC(=O)O)c3ccccc3n(CCCN(C)Cc3ccccc3)c2c1C. The molecule has 3 aromatic carbocycles. The first-order chi connectivity index (χ1) is 17.0. The van der Waals surface area contributed by atoms with Crippen molar-refractivity contribution in [1.82, 2.24) is 9.47 Å². The molecule has 182 valence electrons. The summed E-state index contributed by atoms with van der Waals surface area (Å²) in [6.07, 6.45) is 0.924. The molecule has 4 aromatic rings. The zero-order valence-electron chi connectivity index (χ0n) is 20.7. The Kier molecular flexibility index (Phi) is 7.83. The molecular weight excluding hydrogens is 438 g/mol. The van der Waals surface area contributed by atoms with E-state index in [4.69, 9.17) is 9.94 Å². The van der Waals surface area contributed by atoms with Crippen molar-refractivity contribution < 1.29 is 14.7 Å². The van der Waals surface area contributed by atoms with Crippen LogP contribution < -0.4 is 5.36 Å². The molecule has 6 nitrogen and oxygen atoms in total. The molecule has 35 heavy (non-hydrogen) atoms. The minimum Gasteiger partial charge on any atom is -0.481 e. The summed E-state index contributed by atoms with van der Waals surface area (Å²) in [6.45, 7) is 7.10. The lowest BCUT2D eigenvalue weighted by Crippen LogP contribution is -2.21. The Hall–Kier alpha value is -3.64. The molecule has 0 atom stereocenters. The lowest BCUT2D eigenvalue weighted by atomic mass is 10.0. The van der Waals surface area contributed by atoms with Crippen LogP contribution in [0.15, 0.2) is 71.9 Å². The predicted octanol–water partition coefficient (Wildman–Crippen LogP) is 5.24. The maximum absolute atomic E-state index is 10.9. The molecule has 6 heteroatoms. The van der Waals surface area contributed by atoms with Crippen LogP contribution in [0.5, 0.6) is 0 Å². The van der Waals surface area contributed by atoms with Crippen LogP contribution in [0.1, 0.15) is 29.5 Å². The van der Waals surface area contributed by atoms with E-state index in [1.165, 1.54) is 16.7 Å². The Morgan fingerprint density at radius 1 is 1.00 bits per heavy atom. The summed E-state index contributed by atoms with van der Waals surface area (Å²) in [5.74, 6) is -0.899. The predicted molar refractivity (Wildman–Crippen MR) is 140 cm³/mol. The zero-order chi connectivity index (χ0) is 24.8. The second kappa shape index (κ2) is 11.2. The number of rotatable bonds is 10. The van der Waals surface area contributed by atoms with Gasteiger partial charge in [0.2, 0.25) is 0 Å². The molecule has 0 saturated heterocycles. The van der Waals surface area contributed by atoms with Crippen molar-refractivity contribution in [3.8, 4) is 0 Å². The number of fused-ring (bicyclic) bond motifs is 2. The van der Waals surface area contributed by atoms with Gasteiger partial charge >= 0.3 is 5.97 Å². The number of carboxylic acids is 1.